The fourth-order valence-corrected chi connectivity index (χ4v) is 4.75. The Morgan fingerprint density at radius 3 is 1.72 bits per heavy atom. The molecule has 0 fully saturated rings. The average molecular weight is 593 g/mol. The van der Waals surface area contributed by atoms with E-state index in [9.17, 15) is 39.3 Å². The summed E-state index contributed by atoms with van der Waals surface area (Å²) in [5.74, 6) is -5.71. The third-order valence-electron chi connectivity index (χ3n) is 6.99. The van der Waals surface area contributed by atoms with Gasteiger partial charge in [-0.1, -0.05) is 36.4 Å². The molecule has 4 aromatic rings. The Balaban J connectivity index is 1.40. The van der Waals surface area contributed by atoms with Crippen molar-refractivity contribution in [2.45, 2.75) is 43.4 Å². The lowest BCUT2D eigenvalue weighted by atomic mass is 10.0. The molecule has 2 heterocycles. The highest BCUT2D eigenvalue weighted by Crippen LogP contribution is 2.20. The summed E-state index contributed by atoms with van der Waals surface area (Å²) in [6.45, 7) is -0.878. The second-order valence-corrected chi connectivity index (χ2v) is 10.0. The molecule has 0 aliphatic heterocycles. The molecule has 0 aliphatic rings. The van der Waals surface area contributed by atoms with Crippen molar-refractivity contribution in [1.82, 2.24) is 25.9 Å². The fourth-order valence-electron chi connectivity index (χ4n) is 4.75. The number of nitrogens with two attached hydrogens (primary N) is 1. The Morgan fingerprint density at radius 2 is 1.19 bits per heavy atom. The summed E-state index contributed by atoms with van der Waals surface area (Å²) in [5, 5.41) is 37.3. The van der Waals surface area contributed by atoms with Gasteiger partial charge >= 0.3 is 11.9 Å². The molecule has 43 heavy (non-hydrogen) atoms. The first kappa shape index (κ1) is 30.7. The summed E-state index contributed by atoms with van der Waals surface area (Å²) in [6, 6.07) is 8.76. The number of aliphatic hydroxyl groups is 1. The Kier molecular flexibility index (Phi) is 9.75. The number of carboxylic acids is 2. The number of aliphatic carboxylic acids is 2. The molecule has 4 rings (SSSR count). The van der Waals surface area contributed by atoms with Crippen LogP contribution in [0.4, 0.5) is 0 Å². The Hall–Kier alpha value is -5.21. The smallest absolute Gasteiger partial charge is 0.326 e. The van der Waals surface area contributed by atoms with E-state index in [-0.39, 0.29) is 12.8 Å². The minimum atomic E-state index is -1.71. The zero-order valence-corrected chi connectivity index (χ0v) is 22.9. The Bertz CT molecular complexity index is 1650. The summed E-state index contributed by atoms with van der Waals surface area (Å²) in [6.07, 6.45) is 2.44. The number of hydrogen-bond acceptors (Lipinski definition) is 7. The van der Waals surface area contributed by atoms with Crippen molar-refractivity contribution < 1.29 is 39.3 Å². The number of aromatic amines is 2. The van der Waals surface area contributed by atoms with Gasteiger partial charge in [0.05, 0.1) is 19.1 Å². The number of carbonyl (C=O) groups is 5. The normalized spacial score (nSPS) is 14.0. The van der Waals surface area contributed by atoms with Gasteiger partial charge in [0.25, 0.3) is 0 Å². The summed E-state index contributed by atoms with van der Waals surface area (Å²) >= 11 is 0. The molecular formula is C29H32N6O8. The molecule has 14 heteroatoms. The molecule has 0 spiro atoms. The van der Waals surface area contributed by atoms with Crippen molar-refractivity contribution in [2.24, 2.45) is 5.73 Å². The standard InChI is InChI=1S/C29H32N6O8/c30-19(9-15-12-31-20-7-3-1-5-17(15)20)26(39)35-24(14-36)28(41)33-22(11-25(37)38)27(40)34-23(29(42)43)10-16-13-32-21-8-4-2-6-18(16)21/h1-8,12-13,19,22-24,31-32,36H,9-11,14,30H2,(H,33,41)(H,34,40)(H,35,39)(H,37,38)(H,42,43). The van der Waals surface area contributed by atoms with Gasteiger partial charge in [0.2, 0.25) is 17.7 Å². The first-order chi connectivity index (χ1) is 20.6. The van der Waals surface area contributed by atoms with Crippen molar-refractivity contribution in [1.29, 1.82) is 0 Å². The third-order valence-corrected chi connectivity index (χ3v) is 6.99. The van der Waals surface area contributed by atoms with Crippen LogP contribution in [0.2, 0.25) is 0 Å². The first-order valence-electron chi connectivity index (χ1n) is 13.4. The van der Waals surface area contributed by atoms with Gasteiger partial charge in [-0.3, -0.25) is 19.2 Å². The van der Waals surface area contributed by atoms with Crippen LogP contribution in [0.5, 0.6) is 0 Å². The van der Waals surface area contributed by atoms with Gasteiger partial charge < -0.3 is 47.0 Å². The van der Waals surface area contributed by atoms with Gasteiger partial charge in [-0.2, -0.15) is 0 Å². The lowest BCUT2D eigenvalue weighted by molar-refractivity contribution is -0.143. The topological polar surface area (TPSA) is 240 Å². The van der Waals surface area contributed by atoms with E-state index >= 15 is 0 Å². The van der Waals surface area contributed by atoms with E-state index in [1.54, 1.807) is 36.7 Å². The minimum Gasteiger partial charge on any atom is -0.481 e. The molecule has 2 aromatic carbocycles. The lowest BCUT2D eigenvalue weighted by Crippen LogP contribution is -2.58. The Morgan fingerprint density at radius 1 is 0.698 bits per heavy atom. The number of amides is 3. The number of carboxylic acid groups (broad SMARTS) is 2. The lowest BCUT2D eigenvalue weighted by Gasteiger charge is -2.23. The number of rotatable bonds is 14. The zero-order valence-electron chi connectivity index (χ0n) is 22.9. The monoisotopic (exact) mass is 592 g/mol. The summed E-state index contributed by atoms with van der Waals surface area (Å²) in [5.41, 5.74) is 9.04. The van der Waals surface area contributed by atoms with E-state index in [0.29, 0.717) is 5.56 Å². The van der Waals surface area contributed by atoms with Gasteiger partial charge in [0.15, 0.2) is 0 Å². The molecule has 0 bridgehead atoms. The molecule has 14 nitrogen and oxygen atoms in total. The number of carbonyl (C=O) groups excluding carboxylic acids is 3. The van der Waals surface area contributed by atoms with Gasteiger partial charge in [-0.05, 0) is 29.7 Å². The van der Waals surface area contributed by atoms with E-state index in [2.05, 4.69) is 25.9 Å². The molecule has 0 aliphatic carbocycles. The van der Waals surface area contributed by atoms with Crippen molar-refractivity contribution in [3.63, 3.8) is 0 Å². The van der Waals surface area contributed by atoms with Gasteiger partial charge in [0, 0.05) is 40.6 Å². The molecule has 4 atom stereocenters. The molecule has 0 saturated heterocycles. The van der Waals surface area contributed by atoms with Gasteiger partial charge in [0.1, 0.15) is 18.1 Å². The number of nitrogens with one attached hydrogen (secondary N) is 5. The largest absolute Gasteiger partial charge is 0.481 e. The molecule has 226 valence electrons. The maximum absolute atomic E-state index is 13.0. The summed E-state index contributed by atoms with van der Waals surface area (Å²) in [4.78, 5) is 68.2. The summed E-state index contributed by atoms with van der Waals surface area (Å²) < 4.78 is 0. The second-order valence-electron chi connectivity index (χ2n) is 10.0. The maximum Gasteiger partial charge on any atom is 0.326 e. The quantitative estimate of drug-likeness (QED) is 0.0938. The van der Waals surface area contributed by atoms with Gasteiger partial charge in [-0.15, -0.1) is 0 Å². The predicted molar refractivity (Wildman–Crippen MR) is 155 cm³/mol. The van der Waals surface area contributed by atoms with E-state index in [0.717, 1.165) is 27.4 Å². The third kappa shape index (κ3) is 7.55. The molecule has 10 N–H and O–H groups in total. The van der Waals surface area contributed by atoms with Crippen LogP contribution in [0.1, 0.15) is 17.5 Å². The van der Waals surface area contributed by atoms with E-state index in [1.165, 1.54) is 0 Å². The average Bonchev–Trinajstić information content (AvgIpc) is 3.58. The minimum absolute atomic E-state index is 0.118. The van der Waals surface area contributed by atoms with Crippen molar-refractivity contribution >= 4 is 51.5 Å². The SMILES string of the molecule is NC(Cc1c[nH]c2ccccc12)C(=O)NC(CO)C(=O)NC(CC(=O)O)C(=O)NC(Cc1c[nH]c2ccccc12)C(=O)O. The molecule has 0 radical (unpaired) electrons. The number of hydrogen-bond donors (Lipinski definition) is 9. The first-order valence-corrected chi connectivity index (χ1v) is 13.4. The van der Waals surface area contributed by atoms with Crippen molar-refractivity contribution in [2.75, 3.05) is 6.61 Å². The number of aliphatic hydroxyl groups excluding tert-OH is 1. The molecule has 2 aromatic heterocycles. The van der Waals surface area contributed by atoms with E-state index < -0.39 is 66.9 Å². The number of H-pyrrole nitrogens is 2. The van der Waals surface area contributed by atoms with Crippen LogP contribution in [-0.2, 0) is 36.8 Å². The van der Waals surface area contributed by atoms with Crippen LogP contribution in [0, 0.1) is 0 Å². The van der Waals surface area contributed by atoms with Crippen LogP contribution in [0.3, 0.4) is 0 Å². The highest BCUT2D eigenvalue weighted by molar-refractivity contribution is 5.96. The highest BCUT2D eigenvalue weighted by atomic mass is 16.4. The van der Waals surface area contributed by atoms with Gasteiger partial charge in [-0.25, -0.2) is 4.79 Å². The molecule has 0 saturated carbocycles. The number of benzene rings is 2. The van der Waals surface area contributed by atoms with Crippen LogP contribution in [0.25, 0.3) is 21.8 Å². The predicted octanol–water partition coefficient (Wildman–Crippen LogP) is -0.232. The number of aromatic nitrogens is 2. The Labute approximate surface area is 244 Å². The van der Waals surface area contributed by atoms with Crippen LogP contribution < -0.4 is 21.7 Å². The van der Waals surface area contributed by atoms with E-state index in [4.69, 9.17) is 5.73 Å². The van der Waals surface area contributed by atoms with Crippen LogP contribution >= 0.6 is 0 Å². The molecule has 3 amide bonds. The van der Waals surface area contributed by atoms with Crippen LogP contribution in [0.15, 0.2) is 60.9 Å². The van der Waals surface area contributed by atoms with Crippen LogP contribution in [-0.4, -0.2) is 85.7 Å². The maximum atomic E-state index is 13.0. The van der Waals surface area contributed by atoms with Crippen molar-refractivity contribution in [3.05, 3.63) is 72.1 Å². The zero-order chi connectivity index (χ0) is 31.1. The molecular weight excluding hydrogens is 560 g/mol. The summed E-state index contributed by atoms with van der Waals surface area (Å²) in [7, 11) is 0. The number of para-hydroxylation sites is 2. The van der Waals surface area contributed by atoms with Crippen molar-refractivity contribution in [3.8, 4) is 0 Å². The van der Waals surface area contributed by atoms with E-state index in [1.807, 2.05) is 24.3 Å². The highest BCUT2D eigenvalue weighted by Gasteiger charge is 2.32. The second kappa shape index (κ2) is 13.6. The fraction of sp³-hybridized carbons (Fsp3) is 0.276. The molecule has 4 unspecified atom stereocenters. The number of fused-ring (bicyclic) bond motifs is 2.